The van der Waals surface area contributed by atoms with Crippen LogP contribution in [0.15, 0.2) is 70.6 Å². The van der Waals surface area contributed by atoms with Crippen molar-refractivity contribution in [2.75, 3.05) is 26.2 Å². The van der Waals surface area contributed by atoms with Crippen molar-refractivity contribution in [3.63, 3.8) is 0 Å². The molecule has 1 spiro atoms. The summed E-state index contributed by atoms with van der Waals surface area (Å²) in [5.41, 5.74) is 0.753. The second kappa shape index (κ2) is 16.9. The number of ether oxygens (including phenoxy) is 4. The maximum Gasteiger partial charge on any atom is 0.412 e. The van der Waals surface area contributed by atoms with Crippen LogP contribution < -0.4 is 24.8 Å². The minimum atomic E-state index is -1.35. The Kier molecular flexibility index (Phi) is 11.9. The van der Waals surface area contributed by atoms with E-state index < -0.39 is 23.8 Å². The molecular weight excluding hydrogens is 632 g/mol. The summed E-state index contributed by atoms with van der Waals surface area (Å²) in [7, 11) is 0. The number of carbonyl (C=O) groups is 3. The van der Waals surface area contributed by atoms with E-state index in [0.717, 1.165) is 51.4 Å². The van der Waals surface area contributed by atoms with Crippen molar-refractivity contribution in [2.45, 2.75) is 57.0 Å². The van der Waals surface area contributed by atoms with Gasteiger partial charge in [-0.2, -0.15) is 0 Å². The van der Waals surface area contributed by atoms with Crippen LogP contribution in [-0.2, 0) is 19.9 Å². The van der Waals surface area contributed by atoms with E-state index in [2.05, 4.69) is 20.6 Å². The molecule has 5 rings (SSSR count). The summed E-state index contributed by atoms with van der Waals surface area (Å²) in [6, 6.07) is 16.8. The number of amides is 2. The molecule has 13 nitrogen and oxygen atoms in total. The summed E-state index contributed by atoms with van der Waals surface area (Å²) in [6.07, 6.45) is 8.26. The van der Waals surface area contributed by atoms with Crippen molar-refractivity contribution >= 4 is 30.3 Å². The highest BCUT2D eigenvalue weighted by atomic mass is 16.6. The Morgan fingerprint density at radius 2 is 1.18 bits per heavy atom. The second-order valence-corrected chi connectivity index (χ2v) is 11.4. The minimum absolute atomic E-state index is 0.211. The lowest BCUT2D eigenvalue weighted by Gasteiger charge is -2.36. The van der Waals surface area contributed by atoms with Gasteiger partial charge in [-0.15, -0.1) is 0 Å². The van der Waals surface area contributed by atoms with Crippen molar-refractivity contribution in [1.29, 1.82) is 0 Å². The van der Waals surface area contributed by atoms with Gasteiger partial charge in [-0.25, -0.2) is 34.0 Å². The third kappa shape index (κ3) is 8.39. The number of nitrogens with zero attached hydrogens (tertiary/aromatic N) is 2. The number of hydrogen-bond acceptors (Lipinski definition) is 11. The molecule has 0 aromatic heterocycles. The monoisotopic (exact) mass is 668 g/mol. The van der Waals surface area contributed by atoms with Crippen molar-refractivity contribution in [3.05, 3.63) is 82.9 Å². The first-order valence-electron chi connectivity index (χ1n) is 16.2. The van der Waals surface area contributed by atoms with Crippen LogP contribution in [0.5, 0.6) is 23.0 Å². The zero-order valence-electron chi connectivity index (χ0n) is 26.8. The molecule has 3 aromatic carbocycles. The number of aliphatic imine (C=N–C) groups is 2. The number of fused-ring (bicyclic) bond motifs is 6. The summed E-state index contributed by atoms with van der Waals surface area (Å²) in [6.45, 7) is 1.72. The molecule has 0 saturated carbocycles. The second-order valence-electron chi connectivity index (χ2n) is 11.4. The molecule has 0 bridgehead atoms. The van der Waals surface area contributed by atoms with Crippen molar-refractivity contribution in [1.82, 2.24) is 10.6 Å². The fourth-order valence-electron chi connectivity index (χ4n) is 5.86. The summed E-state index contributed by atoms with van der Waals surface area (Å²) in [4.78, 5) is 65.6. The standard InChI is InChI=1S/C36H36N4O9/c41-23-37-17-7-1-3-9-19-39-34(44)46-25-13-15-29-31(21-25)48-32-22-26(47-35(45)40-20-10-4-2-8-18-38-24-42)14-16-30(32)36(29)28-12-6-5-11-27(28)33(43)49-36/h5-6,11-16,21-22H,1-4,7-10,17-20H2,(H,39,44)(H,40,45). The lowest BCUT2D eigenvalue weighted by atomic mass is 9.77. The largest absolute Gasteiger partial charge is 0.456 e. The number of rotatable bonds is 16. The Labute approximate surface area is 282 Å². The lowest BCUT2D eigenvalue weighted by molar-refractivity contribution is 0.0224. The lowest BCUT2D eigenvalue weighted by Crippen LogP contribution is -2.33. The van der Waals surface area contributed by atoms with E-state index in [1.807, 2.05) is 12.1 Å². The van der Waals surface area contributed by atoms with Crippen molar-refractivity contribution in [3.8, 4) is 23.0 Å². The van der Waals surface area contributed by atoms with Gasteiger partial charge in [0, 0.05) is 41.9 Å². The summed E-state index contributed by atoms with van der Waals surface area (Å²) >= 11 is 0. The van der Waals surface area contributed by atoms with Crippen LogP contribution in [0.25, 0.3) is 0 Å². The third-order valence-corrected chi connectivity index (χ3v) is 8.14. The third-order valence-electron chi connectivity index (χ3n) is 8.14. The molecule has 13 heteroatoms. The van der Waals surface area contributed by atoms with E-state index in [1.54, 1.807) is 48.5 Å². The Balaban J connectivity index is 1.28. The molecule has 2 aliphatic heterocycles. The van der Waals surface area contributed by atoms with Gasteiger partial charge in [0.2, 0.25) is 12.2 Å². The quantitative estimate of drug-likeness (QED) is 0.0778. The van der Waals surface area contributed by atoms with Crippen molar-refractivity contribution < 1.29 is 42.9 Å². The molecule has 0 saturated heterocycles. The number of nitrogens with one attached hydrogen (secondary N) is 2. The zero-order chi connectivity index (χ0) is 34.5. The first-order chi connectivity index (χ1) is 24.0. The van der Waals surface area contributed by atoms with Crippen LogP contribution in [0.4, 0.5) is 9.59 Å². The molecule has 0 radical (unpaired) electrons. The average Bonchev–Trinajstić information content (AvgIpc) is 3.39. The van der Waals surface area contributed by atoms with Crippen LogP contribution >= 0.6 is 0 Å². The van der Waals surface area contributed by atoms with Crippen molar-refractivity contribution in [2.24, 2.45) is 9.98 Å². The molecule has 254 valence electrons. The van der Waals surface area contributed by atoms with E-state index in [-0.39, 0.29) is 11.5 Å². The maximum atomic E-state index is 13.2. The molecule has 0 unspecified atom stereocenters. The number of hydrogen-bond donors (Lipinski definition) is 2. The van der Waals surface area contributed by atoms with Gasteiger partial charge in [0.1, 0.15) is 23.0 Å². The van der Waals surface area contributed by atoms with Gasteiger partial charge < -0.3 is 29.6 Å². The normalized spacial score (nSPS) is 14.9. The highest BCUT2D eigenvalue weighted by Gasteiger charge is 2.53. The number of benzene rings is 3. The van der Waals surface area contributed by atoms with Gasteiger partial charge in [0.25, 0.3) is 0 Å². The van der Waals surface area contributed by atoms with Gasteiger partial charge in [-0.3, -0.25) is 0 Å². The van der Waals surface area contributed by atoms with E-state index in [1.165, 1.54) is 12.2 Å². The van der Waals surface area contributed by atoms with Gasteiger partial charge in [0.15, 0.2) is 5.60 Å². The van der Waals surface area contributed by atoms with Crippen LogP contribution in [0.3, 0.4) is 0 Å². The molecule has 2 N–H and O–H groups in total. The Morgan fingerprint density at radius 3 is 1.71 bits per heavy atom. The molecular formula is C36H36N4O9. The summed E-state index contributed by atoms with van der Waals surface area (Å²) in [5.74, 6) is 0.507. The predicted octanol–water partition coefficient (Wildman–Crippen LogP) is 6.22. The molecule has 3 aromatic rings. The molecule has 2 heterocycles. The Hall–Kier alpha value is -5.77. The van der Waals surface area contributed by atoms with Gasteiger partial charge in [-0.05, 0) is 56.0 Å². The first kappa shape index (κ1) is 34.6. The van der Waals surface area contributed by atoms with Crippen LogP contribution in [0.1, 0.15) is 78.4 Å². The van der Waals surface area contributed by atoms with Gasteiger partial charge in [-0.1, -0.05) is 43.9 Å². The van der Waals surface area contributed by atoms with Crippen LogP contribution in [-0.4, -0.2) is 56.5 Å². The van der Waals surface area contributed by atoms with E-state index in [9.17, 15) is 24.0 Å². The Morgan fingerprint density at radius 1 is 0.673 bits per heavy atom. The predicted molar refractivity (Wildman–Crippen MR) is 176 cm³/mol. The molecule has 2 amide bonds. The molecule has 0 fully saturated rings. The average molecular weight is 669 g/mol. The molecule has 0 aliphatic carbocycles. The molecule has 2 aliphatic rings. The number of esters is 1. The van der Waals surface area contributed by atoms with E-state index in [4.69, 9.17) is 18.9 Å². The zero-order valence-corrected chi connectivity index (χ0v) is 26.8. The summed E-state index contributed by atoms with van der Waals surface area (Å²) < 4.78 is 23.5. The maximum absolute atomic E-state index is 13.2. The van der Waals surface area contributed by atoms with Gasteiger partial charge >= 0.3 is 18.2 Å². The fourth-order valence-corrected chi connectivity index (χ4v) is 5.86. The molecule has 49 heavy (non-hydrogen) atoms. The van der Waals surface area contributed by atoms with E-state index in [0.29, 0.717) is 59.9 Å². The highest BCUT2D eigenvalue weighted by Crippen LogP contribution is 2.57. The van der Waals surface area contributed by atoms with Crippen LogP contribution in [0.2, 0.25) is 0 Å². The Bertz CT molecular complexity index is 1680. The fraction of sp³-hybridized carbons (Fsp3) is 0.361. The summed E-state index contributed by atoms with van der Waals surface area (Å²) in [5, 5.41) is 5.45. The van der Waals surface area contributed by atoms with E-state index >= 15 is 0 Å². The minimum Gasteiger partial charge on any atom is -0.456 e. The SMILES string of the molecule is O=C=NCCCCCCNC(=O)Oc1ccc2c(c1)Oc1cc(OC(=O)NCCCCCCN=C=O)ccc1C21OC(=O)c2ccccc21. The first-order valence-corrected chi connectivity index (χ1v) is 16.2. The number of carbonyl (C=O) groups excluding carboxylic acids is 5. The molecule has 0 atom stereocenters. The van der Waals surface area contributed by atoms with Gasteiger partial charge in [0.05, 0.1) is 18.7 Å². The topological polar surface area (TPSA) is 171 Å². The van der Waals surface area contributed by atoms with Crippen LogP contribution in [0, 0.1) is 0 Å². The highest BCUT2D eigenvalue weighted by molar-refractivity contribution is 5.97. The number of unbranched alkanes of at least 4 members (excludes halogenated alkanes) is 6. The number of isocyanates is 2. The smallest absolute Gasteiger partial charge is 0.412 e.